The van der Waals surface area contributed by atoms with Crippen LogP contribution < -0.4 is 0 Å². The van der Waals surface area contributed by atoms with Gasteiger partial charge in [-0.1, -0.05) is 48.8 Å². The van der Waals surface area contributed by atoms with Gasteiger partial charge in [-0.15, -0.1) is 0 Å². The Bertz CT molecular complexity index is 637. The lowest BCUT2D eigenvalue weighted by atomic mass is 10.0. The van der Waals surface area contributed by atoms with Gasteiger partial charge in [-0.3, -0.25) is 0 Å². The molecule has 0 saturated heterocycles. The Morgan fingerprint density at radius 1 is 1.00 bits per heavy atom. The summed E-state index contributed by atoms with van der Waals surface area (Å²) in [7, 11) is 0. The lowest BCUT2D eigenvalue weighted by Crippen LogP contribution is -1.86. The fourth-order valence-electron chi connectivity index (χ4n) is 1.92. The minimum atomic E-state index is 1.03. The molecule has 0 aromatic heterocycles. The van der Waals surface area contributed by atoms with E-state index < -0.39 is 0 Å². The minimum Gasteiger partial charge on any atom is -0.0984 e. The van der Waals surface area contributed by atoms with Crippen LogP contribution in [0.4, 0.5) is 0 Å². The van der Waals surface area contributed by atoms with Crippen molar-refractivity contribution >= 4 is 6.08 Å². The van der Waals surface area contributed by atoms with Crippen molar-refractivity contribution in [3.63, 3.8) is 0 Å². The number of hydrogen-bond donors (Lipinski definition) is 0. The van der Waals surface area contributed by atoms with Gasteiger partial charge >= 0.3 is 0 Å². The van der Waals surface area contributed by atoms with Gasteiger partial charge in [0.2, 0.25) is 0 Å². The second-order valence-corrected chi connectivity index (χ2v) is 4.36. The second kappa shape index (κ2) is 5.38. The minimum absolute atomic E-state index is 1.03. The van der Waals surface area contributed by atoms with Crippen molar-refractivity contribution in [2.45, 2.75) is 13.8 Å². The van der Waals surface area contributed by atoms with Gasteiger partial charge in [-0.2, -0.15) is 0 Å². The average molecular weight is 232 g/mol. The molecule has 0 saturated carbocycles. The number of hydrogen-bond acceptors (Lipinski definition) is 0. The molecule has 0 atom stereocenters. The predicted octanol–water partition coefficient (Wildman–Crippen LogP) is 4.35. The maximum atomic E-state index is 3.85. The molecule has 0 fully saturated rings. The molecule has 0 spiro atoms. The Morgan fingerprint density at radius 3 is 2.50 bits per heavy atom. The largest absolute Gasteiger partial charge is 0.0984 e. The Kier molecular flexibility index (Phi) is 3.65. The van der Waals surface area contributed by atoms with Crippen LogP contribution in [0.15, 0.2) is 49.0 Å². The predicted molar refractivity (Wildman–Crippen MR) is 78.4 cm³/mol. The van der Waals surface area contributed by atoms with Crippen LogP contribution in [0.3, 0.4) is 0 Å². The molecule has 2 aromatic carbocycles. The maximum absolute atomic E-state index is 3.85. The van der Waals surface area contributed by atoms with E-state index in [0.29, 0.717) is 0 Å². The monoisotopic (exact) mass is 232 g/mol. The molecule has 2 aromatic rings. The van der Waals surface area contributed by atoms with Crippen molar-refractivity contribution in [3.8, 4) is 11.8 Å². The molecular formula is C18H16. The molecule has 0 N–H and O–H groups in total. The van der Waals surface area contributed by atoms with E-state index in [9.17, 15) is 0 Å². The van der Waals surface area contributed by atoms with Crippen LogP contribution in [0.2, 0.25) is 0 Å². The molecule has 0 unspecified atom stereocenters. The molecule has 0 aliphatic carbocycles. The average Bonchev–Trinajstić information content (AvgIpc) is 2.36. The molecule has 0 heteroatoms. The zero-order valence-corrected chi connectivity index (χ0v) is 10.8. The van der Waals surface area contributed by atoms with E-state index in [1.54, 1.807) is 0 Å². The van der Waals surface area contributed by atoms with Crippen molar-refractivity contribution in [3.05, 3.63) is 76.9 Å². The van der Waals surface area contributed by atoms with Gasteiger partial charge in [-0.25, -0.2) is 0 Å². The summed E-state index contributed by atoms with van der Waals surface area (Å²) in [5.74, 6) is 6.43. The van der Waals surface area contributed by atoms with Crippen LogP contribution in [-0.4, -0.2) is 0 Å². The quantitative estimate of drug-likeness (QED) is 0.641. The van der Waals surface area contributed by atoms with E-state index in [2.05, 4.69) is 50.5 Å². The Morgan fingerprint density at radius 2 is 1.78 bits per heavy atom. The Balaban J connectivity index is 2.42. The highest BCUT2D eigenvalue weighted by atomic mass is 14.0. The summed E-state index contributed by atoms with van der Waals surface area (Å²) in [6, 6.07) is 14.4. The molecular weight excluding hydrogens is 216 g/mol. The summed E-state index contributed by atoms with van der Waals surface area (Å²) >= 11 is 0. The van der Waals surface area contributed by atoms with Crippen molar-refractivity contribution in [1.29, 1.82) is 0 Å². The maximum Gasteiger partial charge on any atom is 0.0323 e. The lowest BCUT2D eigenvalue weighted by molar-refractivity contribution is 1.42. The summed E-state index contributed by atoms with van der Waals surface area (Å²) in [5.41, 5.74) is 5.65. The molecule has 0 aliphatic rings. The molecule has 18 heavy (non-hydrogen) atoms. The first-order valence-corrected chi connectivity index (χ1v) is 6.01. The van der Waals surface area contributed by atoms with Crippen LogP contribution in [0, 0.1) is 25.7 Å². The molecule has 2 rings (SSSR count). The van der Waals surface area contributed by atoms with Gasteiger partial charge in [0.15, 0.2) is 0 Å². The first-order chi connectivity index (χ1) is 8.70. The highest BCUT2D eigenvalue weighted by Gasteiger charge is 1.98. The van der Waals surface area contributed by atoms with Crippen molar-refractivity contribution < 1.29 is 0 Å². The first-order valence-electron chi connectivity index (χ1n) is 6.01. The molecule has 0 heterocycles. The third-order valence-electron chi connectivity index (χ3n) is 2.89. The number of rotatable bonds is 1. The standard InChI is InChI=1S/C18H16/c1-4-18-15(3)8-6-10-17(18)12-11-16-9-5-7-14(2)13-16/h4-10,13H,1H2,2-3H3. The van der Waals surface area contributed by atoms with E-state index in [-0.39, 0.29) is 0 Å². The first kappa shape index (κ1) is 12.2. The molecule has 88 valence electrons. The van der Waals surface area contributed by atoms with Crippen molar-refractivity contribution in [1.82, 2.24) is 0 Å². The molecule has 0 bridgehead atoms. The highest BCUT2D eigenvalue weighted by molar-refractivity contribution is 5.62. The smallest absolute Gasteiger partial charge is 0.0323 e. The molecule has 0 radical (unpaired) electrons. The Hall–Kier alpha value is -2.26. The van der Waals surface area contributed by atoms with Crippen LogP contribution >= 0.6 is 0 Å². The second-order valence-electron chi connectivity index (χ2n) is 4.36. The summed E-state index contributed by atoms with van der Waals surface area (Å²) in [6.07, 6.45) is 1.87. The van der Waals surface area contributed by atoms with Crippen molar-refractivity contribution in [2.24, 2.45) is 0 Å². The third-order valence-corrected chi connectivity index (χ3v) is 2.89. The molecule has 0 aliphatic heterocycles. The van der Waals surface area contributed by atoms with E-state index in [1.807, 2.05) is 30.3 Å². The van der Waals surface area contributed by atoms with Crippen LogP contribution in [-0.2, 0) is 0 Å². The van der Waals surface area contributed by atoms with Crippen LogP contribution in [0.25, 0.3) is 6.08 Å². The van der Waals surface area contributed by atoms with Gasteiger partial charge in [0.05, 0.1) is 0 Å². The van der Waals surface area contributed by atoms with Crippen LogP contribution in [0.1, 0.15) is 27.8 Å². The summed E-state index contributed by atoms with van der Waals surface area (Å²) in [5, 5.41) is 0. The zero-order valence-electron chi connectivity index (χ0n) is 10.8. The number of aryl methyl sites for hydroxylation is 2. The number of benzene rings is 2. The summed E-state index contributed by atoms with van der Waals surface area (Å²) in [4.78, 5) is 0. The van der Waals surface area contributed by atoms with Gasteiger partial charge in [0.1, 0.15) is 0 Å². The SMILES string of the molecule is C=Cc1c(C)cccc1C#Cc1cccc(C)c1. The third kappa shape index (κ3) is 2.70. The van der Waals surface area contributed by atoms with Gasteiger partial charge in [0, 0.05) is 11.1 Å². The summed E-state index contributed by atoms with van der Waals surface area (Å²) < 4.78 is 0. The lowest BCUT2D eigenvalue weighted by Gasteiger charge is -2.02. The fourth-order valence-corrected chi connectivity index (χ4v) is 1.92. The summed E-state index contributed by atoms with van der Waals surface area (Å²) in [6.45, 7) is 8.01. The molecule has 0 nitrogen and oxygen atoms in total. The van der Waals surface area contributed by atoms with E-state index in [1.165, 1.54) is 11.1 Å². The van der Waals surface area contributed by atoms with E-state index in [4.69, 9.17) is 0 Å². The van der Waals surface area contributed by atoms with E-state index in [0.717, 1.165) is 16.7 Å². The normalized spacial score (nSPS) is 9.44. The van der Waals surface area contributed by atoms with Crippen LogP contribution in [0.5, 0.6) is 0 Å². The molecule has 0 amide bonds. The van der Waals surface area contributed by atoms with Crippen molar-refractivity contribution in [2.75, 3.05) is 0 Å². The fraction of sp³-hybridized carbons (Fsp3) is 0.111. The zero-order chi connectivity index (χ0) is 13.0. The van der Waals surface area contributed by atoms with Gasteiger partial charge in [-0.05, 0) is 48.7 Å². The van der Waals surface area contributed by atoms with Gasteiger partial charge < -0.3 is 0 Å². The van der Waals surface area contributed by atoms with Gasteiger partial charge in [0.25, 0.3) is 0 Å². The Labute approximate surface area is 109 Å². The highest BCUT2D eigenvalue weighted by Crippen LogP contribution is 2.14. The van der Waals surface area contributed by atoms with E-state index >= 15 is 0 Å². The topological polar surface area (TPSA) is 0 Å².